The van der Waals surface area contributed by atoms with Crippen molar-refractivity contribution in [3.63, 3.8) is 0 Å². The fourth-order valence-electron chi connectivity index (χ4n) is 2.00. The molecule has 3 rings (SSSR count). The van der Waals surface area contributed by atoms with Crippen LogP contribution < -0.4 is 0 Å². The quantitative estimate of drug-likeness (QED) is 0.757. The standard InChI is InChI=1S/C14H7Cl2NO3/c15-9-1-2-10(16)13-12(9)8(14(18)19)5-11(17-13)7-3-4-20-6-7/h1-6H,(H,18,19). The molecule has 1 N–H and O–H groups in total. The Balaban J connectivity index is 2.43. The average Bonchev–Trinajstić information content (AvgIpc) is 2.96. The Morgan fingerprint density at radius 2 is 1.95 bits per heavy atom. The molecule has 3 aromatic rings. The maximum absolute atomic E-state index is 11.4. The first kappa shape index (κ1) is 13.0. The molecule has 1 aromatic carbocycles. The molecular formula is C14H7Cl2NO3. The summed E-state index contributed by atoms with van der Waals surface area (Å²) in [4.78, 5) is 15.8. The molecule has 0 unspecified atom stereocenters. The number of benzene rings is 1. The van der Waals surface area contributed by atoms with Gasteiger partial charge in [0.15, 0.2) is 0 Å². The van der Waals surface area contributed by atoms with E-state index in [9.17, 15) is 9.90 Å². The molecule has 0 aliphatic carbocycles. The Bertz CT molecular complexity index is 813. The van der Waals surface area contributed by atoms with Crippen molar-refractivity contribution in [1.82, 2.24) is 4.98 Å². The summed E-state index contributed by atoms with van der Waals surface area (Å²) >= 11 is 12.2. The monoisotopic (exact) mass is 307 g/mol. The van der Waals surface area contributed by atoms with E-state index in [0.29, 0.717) is 32.2 Å². The predicted octanol–water partition coefficient (Wildman–Crippen LogP) is 4.50. The normalized spacial score (nSPS) is 10.9. The van der Waals surface area contributed by atoms with Crippen molar-refractivity contribution in [3.8, 4) is 11.3 Å². The fourth-order valence-corrected chi connectivity index (χ4v) is 2.45. The zero-order chi connectivity index (χ0) is 14.3. The number of carbonyl (C=O) groups is 1. The van der Waals surface area contributed by atoms with Gasteiger partial charge >= 0.3 is 5.97 Å². The SMILES string of the molecule is O=C(O)c1cc(-c2ccoc2)nc2c(Cl)ccc(Cl)c12. The van der Waals surface area contributed by atoms with Gasteiger partial charge in [-0.05, 0) is 24.3 Å². The minimum absolute atomic E-state index is 0.0544. The lowest BCUT2D eigenvalue weighted by atomic mass is 10.1. The third-order valence-electron chi connectivity index (χ3n) is 2.91. The molecule has 0 amide bonds. The number of fused-ring (bicyclic) bond motifs is 1. The van der Waals surface area contributed by atoms with Crippen LogP contribution in [0.25, 0.3) is 22.2 Å². The first-order chi connectivity index (χ1) is 9.58. The molecule has 0 saturated carbocycles. The van der Waals surface area contributed by atoms with Crippen LogP contribution in [0.15, 0.2) is 41.2 Å². The van der Waals surface area contributed by atoms with E-state index in [-0.39, 0.29) is 5.56 Å². The molecule has 2 heterocycles. The van der Waals surface area contributed by atoms with Crippen LogP contribution in [0, 0.1) is 0 Å². The highest BCUT2D eigenvalue weighted by Gasteiger charge is 2.17. The van der Waals surface area contributed by atoms with Crippen molar-refractivity contribution in [2.24, 2.45) is 0 Å². The molecule has 0 atom stereocenters. The zero-order valence-corrected chi connectivity index (χ0v) is 11.4. The van der Waals surface area contributed by atoms with Crippen molar-refractivity contribution in [2.45, 2.75) is 0 Å². The number of furan rings is 1. The number of rotatable bonds is 2. The molecule has 100 valence electrons. The van der Waals surface area contributed by atoms with Crippen LogP contribution in [-0.4, -0.2) is 16.1 Å². The lowest BCUT2D eigenvalue weighted by molar-refractivity contribution is 0.0699. The molecule has 2 aromatic heterocycles. The molecule has 0 radical (unpaired) electrons. The smallest absolute Gasteiger partial charge is 0.336 e. The van der Waals surface area contributed by atoms with E-state index in [0.717, 1.165) is 0 Å². The van der Waals surface area contributed by atoms with Gasteiger partial charge in [0.05, 0.1) is 39.3 Å². The highest BCUT2D eigenvalue weighted by molar-refractivity contribution is 6.41. The van der Waals surface area contributed by atoms with Gasteiger partial charge in [-0.25, -0.2) is 9.78 Å². The van der Waals surface area contributed by atoms with Crippen molar-refractivity contribution >= 4 is 40.1 Å². The third kappa shape index (κ3) is 2.03. The molecule has 0 spiro atoms. The summed E-state index contributed by atoms with van der Waals surface area (Å²) in [7, 11) is 0. The molecule has 6 heteroatoms. The number of halogens is 2. The highest BCUT2D eigenvalue weighted by atomic mass is 35.5. The summed E-state index contributed by atoms with van der Waals surface area (Å²) in [5.74, 6) is -1.09. The van der Waals surface area contributed by atoms with Gasteiger partial charge in [0, 0.05) is 10.9 Å². The van der Waals surface area contributed by atoms with Crippen LogP contribution in [0.5, 0.6) is 0 Å². The van der Waals surface area contributed by atoms with Crippen LogP contribution in [-0.2, 0) is 0 Å². The molecule has 0 aliphatic heterocycles. The minimum atomic E-state index is -1.09. The lowest BCUT2D eigenvalue weighted by Crippen LogP contribution is -2.01. The second-order valence-corrected chi connectivity index (χ2v) is 4.94. The number of carboxylic acids is 1. The summed E-state index contributed by atoms with van der Waals surface area (Å²) in [5, 5.41) is 10.3. The molecule has 4 nitrogen and oxygen atoms in total. The van der Waals surface area contributed by atoms with Crippen molar-refractivity contribution in [3.05, 3.63) is 52.4 Å². The fraction of sp³-hybridized carbons (Fsp3) is 0. The van der Waals surface area contributed by atoms with E-state index in [4.69, 9.17) is 27.6 Å². The molecule has 0 aliphatic rings. The number of hydrogen-bond acceptors (Lipinski definition) is 3. The van der Waals surface area contributed by atoms with Gasteiger partial charge in [0.25, 0.3) is 0 Å². The third-order valence-corrected chi connectivity index (χ3v) is 3.53. The number of carboxylic acid groups (broad SMARTS) is 1. The van der Waals surface area contributed by atoms with Gasteiger partial charge < -0.3 is 9.52 Å². The average molecular weight is 308 g/mol. The van der Waals surface area contributed by atoms with Crippen LogP contribution in [0.1, 0.15) is 10.4 Å². The number of pyridine rings is 1. The van der Waals surface area contributed by atoms with E-state index in [1.807, 2.05) is 0 Å². The second kappa shape index (κ2) is 4.81. The van der Waals surface area contributed by atoms with E-state index < -0.39 is 5.97 Å². The van der Waals surface area contributed by atoms with Crippen molar-refractivity contribution in [1.29, 1.82) is 0 Å². The molecule has 20 heavy (non-hydrogen) atoms. The van der Waals surface area contributed by atoms with Gasteiger partial charge in [-0.15, -0.1) is 0 Å². The minimum Gasteiger partial charge on any atom is -0.478 e. The Morgan fingerprint density at radius 1 is 1.20 bits per heavy atom. The van der Waals surface area contributed by atoms with Crippen molar-refractivity contribution < 1.29 is 14.3 Å². The van der Waals surface area contributed by atoms with Gasteiger partial charge in [-0.3, -0.25) is 0 Å². The molecular weight excluding hydrogens is 301 g/mol. The molecule has 0 fully saturated rings. The Hall–Kier alpha value is -2.04. The number of hydrogen-bond donors (Lipinski definition) is 1. The largest absolute Gasteiger partial charge is 0.478 e. The topological polar surface area (TPSA) is 63.3 Å². The lowest BCUT2D eigenvalue weighted by Gasteiger charge is -2.08. The summed E-state index contributed by atoms with van der Waals surface area (Å²) in [6.45, 7) is 0. The maximum Gasteiger partial charge on any atom is 0.336 e. The summed E-state index contributed by atoms with van der Waals surface area (Å²) in [5.41, 5.74) is 1.55. The summed E-state index contributed by atoms with van der Waals surface area (Å²) in [6, 6.07) is 6.29. The number of aromatic nitrogens is 1. The second-order valence-electron chi connectivity index (χ2n) is 4.13. The zero-order valence-electron chi connectivity index (χ0n) is 9.93. The van der Waals surface area contributed by atoms with Crippen LogP contribution in [0.3, 0.4) is 0 Å². The Labute approximate surface area is 123 Å². The van der Waals surface area contributed by atoms with Crippen LogP contribution in [0.4, 0.5) is 0 Å². The van der Waals surface area contributed by atoms with Crippen LogP contribution >= 0.6 is 23.2 Å². The predicted molar refractivity (Wildman–Crippen MR) is 76.4 cm³/mol. The first-order valence-corrected chi connectivity index (χ1v) is 6.38. The van der Waals surface area contributed by atoms with Crippen molar-refractivity contribution in [2.75, 3.05) is 0 Å². The number of nitrogens with zero attached hydrogens (tertiary/aromatic N) is 1. The summed E-state index contributed by atoms with van der Waals surface area (Å²) in [6.07, 6.45) is 2.97. The highest BCUT2D eigenvalue weighted by Crippen LogP contribution is 2.33. The number of aromatic carboxylic acids is 1. The van der Waals surface area contributed by atoms with Gasteiger partial charge in [-0.1, -0.05) is 23.2 Å². The summed E-state index contributed by atoms with van der Waals surface area (Å²) < 4.78 is 4.99. The van der Waals surface area contributed by atoms with Gasteiger partial charge in [0.1, 0.15) is 0 Å². The maximum atomic E-state index is 11.4. The Morgan fingerprint density at radius 3 is 2.60 bits per heavy atom. The van der Waals surface area contributed by atoms with E-state index >= 15 is 0 Å². The Kier molecular flexibility index (Phi) is 3.12. The van der Waals surface area contributed by atoms with E-state index in [1.165, 1.54) is 18.6 Å². The van der Waals surface area contributed by atoms with Gasteiger partial charge in [-0.2, -0.15) is 0 Å². The molecule has 0 saturated heterocycles. The van der Waals surface area contributed by atoms with Crippen LogP contribution in [0.2, 0.25) is 10.0 Å². The van der Waals surface area contributed by atoms with E-state index in [1.54, 1.807) is 18.2 Å². The van der Waals surface area contributed by atoms with E-state index in [2.05, 4.69) is 4.98 Å². The van der Waals surface area contributed by atoms with Gasteiger partial charge in [0.2, 0.25) is 0 Å². The first-order valence-electron chi connectivity index (χ1n) is 5.62. The molecule has 0 bridgehead atoms.